The first-order chi connectivity index (χ1) is 17.0. The van der Waals surface area contributed by atoms with Gasteiger partial charge in [0, 0.05) is 10.6 Å². The summed E-state index contributed by atoms with van der Waals surface area (Å²) < 4.78 is 11.5. The molecule has 1 aliphatic rings. The predicted molar refractivity (Wildman–Crippen MR) is 133 cm³/mol. The van der Waals surface area contributed by atoms with Gasteiger partial charge in [0.2, 0.25) is 0 Å². The molecule has 1 saturated heterocycles. The van der Waals surface area contributed by atoms with E-state index < -0.39 is 17.8 Å². The molecule has 4 rings (SSSR count). The molecule has 7 nitrogen and oxygen atoms in total. The van der Waals surface area contributed by atoms with E-state index in [2.05, 4.69) is 5.32 Å². The number of nitrogens with zero attached hydrogens (tertiary/aromatic N) is 1. The molecule has 0 aliphatic carbocycles. The van der Waals surface area contributed by atoms with Crippen molar-refractivity contribution in [2.45, 2.75) is 20.0 Å². The third-order valence-electron chi connectivity index (χ3n) is 5.17. The summed E-state index contributed by atoms with van der Waals surface area (Å²) in [5.74, 6) is -0.408. The number of hydrogen-bond acceptors (Lipinski definition) is 5. The summed E-state index contributed by atoms with van der Waals surface area (Å²) in [4.78, 5) is 39.2. The largest absolute Gasteiger partial charge is 0.494 e. The number of hydrogen-bond donors (Lipinski definition) is 1. The van der Waals surface area contributed by atoms with Crippen LogP contribution in [0.3, 0.4) is 0 Å². The van der Waals surface area contributed by atoms with Gasteiger partial charge in [-0.15, -0.1) is 0 Å². The lowest BCUT2D eigenvalue weighted by molar-refractivity contribution is -0.122. The molecule has 178 valence electrons. The SMILES string of the molecule is CCCOc1ccc(N2C(=O)NC(=O)/C(=C/c3ccccc3OCc3cccc(Cl)c3)C2=O)cc1. The molecule has 3 aromatic carbocycles. The second-order valence-electron chi connectivity index (χ2n) is 7.76. The Balaban J connectivity index is 1.59. The number of carbonyl (C=O) groups excluding carboxylic acids is 3. The van der Waals surface area contributed by atoms with E-state index in [1.165, 1.54) is 6.08 Å². The molecule has 0 bridgehead atoms. The molecule has 0 unspecified atom stereocenters. The summed E-state index contributed by atoms with van der Waals surface area (Å²) in [5.41, 5.74) is 1.52. The fraction of sp³-hybridized carbons (Fsp3) is 0.148. The minimum absolute atomic E-state index is 0.185. The Morgan fingerprint density at radius 3 is 2.46 bits per heavy atom. The van der Waals surface area contributed by atoms with Gasteiger partial charge in [-0.25, -0.2) is 9.69 Å². The monoisotopic (exact) mass is 490 g/mol. The molecule has 8 heteroatoms. The molecule has 0 saturated carbocycles. The number of carbonyl (C=O) groups is 3. The number of barbiturate groups is 1. The number of ether oxygens (including phenoxy) is 2. The van der Waals surface area contributed by atoms with Crippen LogP contribution in [0.25, 0.3) is 6.08 Å². The number of imide groups is 2. The smallest absolute Gasteiger partial charge is 0.335 e. The first kappa shape index (κ1) is 24.0. The summed E-state index contributed by atoms with van der Waals surface area (Å²) in [7, 11) is 0. The minimum atomic E-state index is -0.815. The third-order valence-corrected chi connectivity index (χ3v) is 5.41. The van der Waals surface area contributed by atoms with Crippen LogP contribution in [0.4, 0.5) is 10.5 Å². The van der Waals surface area contributed by atoms with Crippen molar-refractivity contribution in [3.05, 3.63) is 94.5 Å². The van der Waals surface area contributed by atoms with Crippen LogP contribution in [0, 0.1) is 0 Å². The van der Waals surface area contributed by atoms with Crippen LogP contribution < -0.4 is 19.7 Å². The van der Waals surface area contributed by atoms with Gasteiger partial charge in [-0.1, -0.05) is 48.9 Å². The molecule has 0 spiro atoms. The second kappa shape index (κ2) is 10.9. The number of urea groups is 1. The fourth-order valence-corrected chi connectivity index (χ4v) is 3.69. The normalized spacial score (nSPS) is 14.7. The topological polar surface area (TPSA) is 84.9 Å². The lowest BCUT2D eigenvalue weighted by Gasteiger charge is -2.26. The van der Waals surface area contributed by atoms with Gasteiger partial charge < -0.3 is 9.47 Å². The highest BCUT2D eigenvalue weighted by Gasteiger charge is 2.37. The fourth-order valence-electron chi connectivity index (χ4n) is 3.48. The van der Waals surface area contributed by atoms with Crippen LogP contribution in [0.5, 0.6) is 11.5 Å². The second-order valence-corrected chi connectivity index (χ2v) is 8.19. The molecule has 1 fully saturated rings. The van der Waals surface area contributed by atoms with Crippen LogP contribution >= 0.6 is 11.6 Å². The van der Waals surface area contributed by atoms with E-state index in [1.54, 1.807) is 60.7 Å². The van der Waals surface area contributed by atoms with E-state index >= 15 is 0 Å². The number of anilines is 1. The van der Waals surface area contributed by atoms with Crippen molar-refractivity contribution in [3.8, 4) is 11.5 Å². The molecule has 35 heavy (non-hydrogen) atoms. The van der Waals surface area contributed by atoms with Crippen molar-refractivity contribution in [1.82, 2.24) is 5.32 Å². The predicted octanol–water partition coefficient (Wildman–Crippen LogP) is 5.37. The first-order valence-electron chi connectivity index (χ1n) is 11.1. The zero-order chi connectivity index (χ0) is 24.8. The third kappa shape index (κ3) is 5.70. The van der Waals surface area contributed by atoms with Crippen molar-refractivity contribution in [2.24, 2.45) is 0 Å². The molecule has 0 atom stereocenters. The molecular weight excluding hydrogens is 468 g/mol. The zero-order valence-corrected chi connectivity index (χ0v) is 19.7. The van der Waals surface area contributed by atoms with E-state index in [1.807, 2.05) is 19.1 Å². The average Bonchev–Trinajstić information content (AvgIpc) is 2.85. The molecular formula is C27H23ClN2O5. The number of nitrogens with one attached hydrogen (secondary N) is 1. The number of rotatable bonds is 8. The summed E-state index contributed by atoms with van der Waals surface area (Å²) >= 11 is 6.04. The standard InChI is InChI=1S/C27H23ClN2O5/c1-2-14-34-22-12-10-21(11-13-22)30-26(32)23(25(31)29-27(30)33)16-19-7-3-4-9-24(19)35-17-18-6-5-8-20(28)15-18/h3-13,15-16H,2,14,17H2,1H3,(H,29,31,33)/b23-16-. The maximum absolute atomic E-state index is 13.2. The van der Waals surface area contributed by atoms with E-state index in [9.17, 15) is 14.4 Å². The summed E-state index contributed by atoms with van der Waals surface area (Å²) in [5, 5.41) is 2.83. The average molecular weight is 491 g/mol. The van der Waals surface area contributed by atoms with Crippen LogP contribution in [-0.2, 0) is 16.2 Å². The highest BCUT2D eigenvalue weighted by atomic mass is 35.5. The quantitative estimate of drug-likeness (QED) is 0.339. The Kier molecular flexibility index (Phi) is 7.48. The van der Waals surface area contributed by atoms with Crippen molar-refractivity contribution in [3.63, 3.8) is 0 Å². The van der Waals surface area contributed by atoms with Gasteiger partial charge in [0.15, 0.2) is 0 Å². The first-order valence-corrected chi connectivity index (χ1v) is 11.4. The minimum Gasteiger partial charge on any atom is -0.494 e. The molecule has 1 N–H and O–H groups in total. The summed E-state index contributed by atoms with van der Waals surface area (Å²) in [6.07, 6.45) is 2.28. The molecule has 3 aromatic rings. The van der Waals surface area contributed by atoms with Crippen molar-refractivity contribution in [2.75, 3.05) is 11.5 Å². The lowest BCUT2D eigenvalue weighted by Crippen LogP contribution is -2.54. The van der Waals surface area contributed by atoms with Crippen LogP contribution in [0.2, 0.25) is 5.02 Å². The van der Waals surface area contributed by atoms with E-state index in [4.69, 9.17) is 21.1 Å². The Morgan fingerprint density at radius 1 is 0.943 bits per heavy atom. The van der Waals surface area contributed by atoms with Crippen LogP contribution in [-0.4, -0.2) is 24.5 Å². The van der Waals surface area contributed by atoms with Crippen LogP contribution in [0.15, 0.2) is 78.4 Å². The lowest BCUT2D eigenvalue weighted by atomic mass is 10.1. The number of amides is 4. The van der Waals surface area contributed by atoms with Crippen molar-refractivity contribution < 1.29 is 23.9 Å². The van der Waals surface area contributed by atoms with Gasteiger partial charge in [-0.05, 0) is 60.5 Å². The molecule has 1 heterocycles. The maximum Gasteiger partial charge on any atom is 0.335 e. The molecule has 0 radical (unpaired) electrons. The Hall–Kier alpha value is -4.10. The van der Waals surface area contributed by atoms with Crippen LogP contribution in [0.1, 0.15) is 24.5 Å². The Morgan fingerprint density at radius 2 is 1.71 bits per heavy atom. The summed E-state index contributed by atoms with van der Waals surface area (Å²) in [6.45, 7) is 2.80. The van der Waals surface area contributed by atoms with Gasteiger partial charge in [-0.3, -0.25) is 14.9 Å². The van der Waals surface area contributed by atoms with Crippen molar-refractivity contribution >= 4 is 41.2 Å². The Bertz CT molecular complexity index is 1290. The number of para-hydroxylation sites is 1. The molecule has 4 amide bonds. The molecule has 1 aliphatic heterocycles. The number of halogens is 1. The van der Waals surface area contributed by atoms with Gasteiger partial charge in [0.25, 0.3) is 11.8 Å². The van der Waals surface area contributed by atoms with Gasteiger partial charge >= 0.3 is 6.03 Å². The zero-order valence-electron chi connectivity index (χ0n) is 19.0. The van der Waals surface area contributed by atoms with Gasteiger partial charge in [-0.2, -0.15) is 0 Å². The summed E-state index contributed by atoms with van der Waals surface area (Å²) in [6, 6.07) is 20.0. The highest BCUT2D eigenvalue weighted by Crippen LogP contribution is 2.27. The van der Waals surface area contributed by atoms with Gasteiger partial charge in [0.1, 0.15) is 23.7 Å². The molecule has 0 aromatic heterocycles. The van der Waals surface area contributed by atoms with E-state index in [0.717, 1.165) is 16.9 Å². The number of benzene rings is 3. The van der Waals surface area contributed by atoms with E-state index in [0.29, 0.717) is 34.4 Å². The van der Waals surface area contributed by atoms with Crippen molar-refractivity contribution in [1.29, 1.82) is 0 Å². The van der Waals surface area contributed by atoms with E-state index in [-0.39, 0.29) is 12.2 Å². The Labute approximate surface area is 207 Å². The van der Waals surface area contributed by atoms with Gasteiger partial charge in [0.05, 0.1) is 12.3 Å². The highest BCUT2D eigenvalue weighted by molar-refractivity contribution is 6.39. The maximum atomic E-state index is 13.2.